The van der Waals surface area contributed by atoms with Gasteiger partial charge in [0.05, 0.1) is 13.0 Å². The van der Waals surface area contributed by atoms with Crippen LogP contribution >= 0.6 is 0 Å². The largest absolute Gasteiger partial charge is 0.481 e. The van der Waals surface area contributed by atoms with Crippen LogP contribution in [-0.2, 0) is 16.1 Å². The van der Waals surface area contributed by atoms with E-state index < -0.39 is 5.97 Å². The van der Waals surface area contributed by atoms with Gasteiger partial charge in [0.25, 0.3) is 0 Å². The van der Waals surface area contributed by atoms with Crippen molar-refractivity contribution in [1.82, 2.24) is 15.5 Å². The van der Waals surface area contributed by atoms with Crippen molar-refractivity contribution >= 4 is 11.9 Å². The lowest BCUT2D eigenvalue weighted by Crippen LogP contribution is -2.19. The molecule has 7 nitrogen and oxygen atoms in total. The van der Waals surface area contributed by atoms with Crippen molar-refractivity contribution in [1.29, 1.82) is 0 Å². The Labute approximate surface area is 142 Å². The second-order valence-corrected chi connectivity index (χ2v) is 6.69. The van der Waals surface area contributed by atoms with Gasteiger partial charge in [0.2, 0.25) is 11.8 Å². The Bertz CT molecular complexity index is 538. The fraction of sp³-hybridized carbons (Fsp3) is 0.765. The Kier molecular flexibility index (Phi) is 7.21. The molecule has 0 saturated heterocycles. The molecule has 0 bridgehead atoms. The number of carboxylic acid groups (broad SMARTS) is 1. The van der Waals surface area contributed by atoms with Crippen molar-refractivity contribution in [2.75, 3.05) is 0 Å². The van der Waals surface area contributed by atoms with Crippen LogP contribution in [0.3, 0.4) is 0 Å². The maximum Gasteiger partial charge on any atom is 0.304 e. The molecule has 1 heterocycles. The second-order valence-electron chi connectivity index (χ2n) is 6.69. The maximum absolute atomic E-state index is 11.1. The van der Waals surface area contributed by atoms with Crippen LogP contribution in [0.5, 0.6) is 0 Å². The topological polar surface area (TPSA) is 105 Å². The van der Waals surface area contributed by atoms with Crippen LogP contribution in [0.2, 0.25) is 0 Å². The molecule has 1 fully saturated rings. The molecule has 7 heteroatoms. The zero-order valence-electron chi connectivity index (χ0n) is 14.3. The van der Waals surface area contributed by atoms with Crippen LogP contribution in [0.4, 0.5) is 0 Å². The van der Waals surface area contributed by atoms with E-state index in [0.717, 1.165) is 25.2 Å². The molecule has 1 aliphatic rings. The number of nitrogens with one attached hydrogen (secondary N) is 1. The molecule has 134 valence electrons. The van der Waals surface area contributed by atoms with Gasteiger partial charge in [-0.1, -0.05) is 50.1 Å². The van der Waals surface area contributed by atoms with Gasteiger partial charge in [-0.05, 0) is 12.3 Å². The lowest BCUT2D eigenvalue weighted by molar-refractivity contribution is -0.137. The van der Waals surface area contributed by atoms with E-state index in [1.165, 1.54) is 39.0 Å². The molecule has 24 heavy (non-hydrogen) atoms. The lowest BCUT2D eigenvalue weighted by atomic mass is 9.84. The summed E-state index contributed by atoms with van der Waals surface area (Å²) in [4.78, 5) is 26.3. The maximum atomic E-state index is 11.1. The Morgan fingerprint density at radius 1 is 1.33 bits per heavy atom. The Morgan fingerprint density at radius 2 is 2.08 bits per heavy atom. The average Bonchev–Trinajstić information content (AvgIpc) is 3.01. The van der Waals surface area contributed by atoms with Gasteiger partial charge < -0.3 is 14.9 Å². The first kappa shape index (κ1) is 18.4. The highest BCUT2D eigenvalue weighted by Gasteiger charge is 2.23. The van der Waals surface area contributed by atoms with E-state index in [2.05, 4.69) is 15.5 Å². The van der Waals surface area contributed by atoms with Crippen LogP contribution in [0.15, 0.2) is 4.52 Å². The second kappa shape index (κ2) is 9.39. The summed E-state index contributed by atoms with van der Waals surface area (Å²) in [6, 6.07) is 0. The Balaban J connectivity index is 1.87. The standard InChI is InChI=1S/C17H27N3O4/c1-12(21)18-11-15-19-17(24-20-15)14(10-16(22)23)9-5-8-13-6-3-2-4-7-13/h13-14H,2-11H2,1H3,(H,18,21)(H,22,23)/t14-/m1/s1. The third-order valence-electron chi connectivity index (χ3n) is 4.64. The third-order valence-corrected chi connectivity index (χ3v) is 4.64. The summed E-state index contributed by atoms with van der Waals surface area (Å²) >= 11 is 0. The van der Waals surface area contributed by atoms with E-state index in [4.69, 9.17) is 9.63 Å². The predicted octanol–water partition coefficient (Wildman–Crippen LogP) is 3.01. The summed E-state index contributed by atoms with van der Waals surface area (Å²) in [5.41, 5.74) is 0. The number of carboxylic acids is 1. The molecule has 1 saturated carbocycles. The van der Waals surface area contributed by atoms with E-state index in [1.807, 2.05) is 0 Å². The summed E-state index contributed by atoms with van der Waals surface area (Å²) in [6.07, 6.45) is 9.43. The summed E-state index contributed by atoms with van der Waals surface area (Å²) in [5.74, 6) is 0.228. The fourth-order valence-corrected chi connectivity index (χ4v) is 3.36. The SMILES string of the molecule is CC(=O)NCc1noc([C@H](CCCC2CCCCC2)CC(=O)O)n1. The molecule has 1 aromatic rings. The number of nitrogens with zero attached hydrogens (tertiary/aromatic N) is 2. The first-order valence-corrected chi connectivity index (χ1v) is 8.83. The molecule has 2 N–H and O–H groups in total. The minimum atomic E-state index is -0.862. The van der Waals surface area contributed by atoms with Gasteiger partial charge in [0, 0.05) is 12.8 Å². The van der Waals surface area contributed by atoms with Crippen molar-refractivity contribution in [3.8, 4) is 0 Å². The zero-order chi connectivity index (χ0) is 17.4. The Morgan fingerprint density at radius 3 is 2.75 bits per heavy atom. The number of carbonyl (C=O) groups excluding carboxylic acids is 1. The fourth-order valence-electron chi connectivity index (χ4n) is 3.36. The zero-order valence-corrected chi connectivity index (χ0v) is 14.3. The first-order chi connectivity index (χ1) is 11.5. The van der Waals surface area contributed by atoms with Gasteiger partial charge in [-0.25, -0.2) is 0 Å². The van der Waals surface area contributed by atoms with Gasteiger partial charge in [-0.3, -0.25) is 9.59 Å². The number of hydrogen-bond acceptors (Lipinski definition) is 5. The third kappa shape index (κ3) is 6.29. The number of aliphatic carboxylic acids is 1. The molecule has 1 aromatic heterocycles. The first-order valence-electron chi connectivity index (χ1n) is 8.83. The van der Waals surface area contributed by atoms with E-state index in [0.29, 0.717) is 11.7 Å². The number of hydrogen-bond donors (Lipinski definition) is 2. The quantitative estimate of drug-likeness (QED) is 0.717. The number of rotatable bonds is 9. The van der Waals surface area contributed by atoms with Crippen LogP contribution < -0.4 is 5.32 Å². The van der Waals surface area contributed by atoms with Gasteiger partial charge in [0.1, 0.15) is 0 Å². The molecule has 0 spiro atoms. The monoisotopic (exact) mass is 337 g/mol. The summed E-state index contributed by atoms with van der Waals surface area (Å²) in [6.45, 7) is 1.61. The van der Waals surface area contributed by atoms with Crippen molar-refractivity contribution < 1.29 is 19.2 Å². The van der Waals surface area contributed by atoms with Crippen molar-refractivity contribution in [2.24, 2.45) is 5.92 Å². The van der Waals surface area contributed by atoms with Crippen LogP contribution in [0, 0.1) is 5.92 Å². The molecule has 1 aliphatic carbocycles. The van der Waals surface area contributed by atoms with E-state index >= 15 is 0 Å². The van der Waals surface area contributed by atoms with Gasteiger partial charge in [-0.2, -0.15) is 4.98 Å². The lowest BCUT2D eigenvalue weighted by Gasteiger charge is -2.21. The highest BCUT2D eigenvalue weighted by atomic mass is 16.5. The molecule has 0 aliphatic heterocycles. The summed E-state index contributed by atoms with van der Waals surface area (Å²) < 4.78 is 5.23. The highest BCUT2D eigenvalue weighted by Crippen LogP contribution is 2.31. The van der Waals surface area contributed by atoms with Gasteiger partial charge >= 0.3 is 5.97 Å². The number of carbonyl (C=O) groups is 2. The molecular weight excluding hydrogens is 310 g/mol. The molecule has 2 rings (SSSR count). The predicted molar refractivity (Wildman–Crippen MR) is 87.2 cm³/mol. The molecular formula is C17H27N3O4. The van der Waals surface area contributed by atoms with E-state index in [-0.39, 0.29) is 24.8 Å². The summed E-state index contributed by atoms with van der Waals surface area (Å²) in [7, 11) is 0. The average molecular weight is 337 g/mol. The molecule has 1 amide bonds. The minimum absolute atomic E-state index is 0.00750. The molecule has 1 atom stereocenters. The highest BCUT2D eigenvalue weighted by molar-refractivity contribution is 5.72. The smallest absolute Gasteiger partial charge is 0.304 e. The van der Waals surface area contributed by atoms with E-state index in [9.17, 15) is 9.59 Å². The summed E-state index contributed by atoms with van der Waals surface area (Å²) in [5, 5.41) is 15.6. The normalized spacial score (nSPS) is 16.7. The number of amides is 1. The van der Waals surface area contributed by atoms with Gasteiger partial charge in [-0.15, -0.1) is 0 Å². The van der Waals surface area contributed by atoms with Crippen molar-refractivity contribution in [3.05, 3.63) is 11.7 Å². The Hall–Kier alpha value is -1.92. The van der Waals surface area contributed by atoms with Crippen molar-refractivity contribution in [3.63, 3.8) is 0 Å². The minimum Gasteiger partial charge on any atom is -0.481 e. The van der Waals surface area contributed by atoms with Crippen LogP contribution in [0.25, 0.3) is 0 Å². The van der Waals surface area contributed by atoms with Gasteiger partial charge in [0.15, 0.2) is 5.82 Å². The van der Waals surface area contributed by atoms with Crippen molar-refractivity contribution in [2.45, 2.75) is 77.2 Å². The van der Waals surface area contributed by atoms with Crippen LogP contribution in [-0.4, -0.2) is 27.1 Å². The molecule has 0 unspecified atom stereocenters. The van der Waals surface area contributed by atoms with E-state index in [1.54, 1.807) is 0 Å². The number of aromatic nitrogens is 2. The molecule has 0 aromatic carbocycles. The van der Waals surface area contributed by atoms with Crippen LogP contribution in [0.1, 0.15) is 82.3 Å². The molecule has 0 radical (unpaired) electrons.